The molecule has 2 aromatic carbocycles. The first-order chi connectivity index (χ1) is 20.7. The van der Waals surface area contributed by atoms with Crippen LogP contribution < -0.4 is 23.7 Å². The van der Waals surface area contributed by atoms with Crippen molar-refractivity contribution in [2.75, 3.05) is 62.3 Å². The Hall–Kier alpha value is -3.92. The SMILES string of the molecule is COc1cc2c(cc1OC)[C@@H](Cc1cc(OC)c(OC)c(OC)c1)[N+](C)(CCCOC(=O)CCC=CCCC(=O)O)CC2. The van der Waals surface area contributed by atoms with E-state index in [0.29, 0.717) is 61.0 Å². The van der Waals surface area contributed by atoms with Crippen molar-refractivity contribution in [1.82, 2.24) is 0 Å². The van der Waals surface area contributed by atoms with Crippen LogP contribution in [0.15, 0.2) is 36.4 Å². The summed E-state index contributed by atoms with van der Waals surface area (Å²) in [5, 5.41) is 8.70. The highest BCUT2D eigenvalue weighted by molar-refractivity contribution is 5.69. The van der Waals surface area contributed by atoms with E-state index in [2.05, 4.69) is 19.2 Å². The molecule has 1 aliphatic heterocycles. The summed E-state index contributed by atoms with van der Waals surface area (Å²) in [7, 11) is 10.4. The van der Waals surface area contributed by atoms with Gasteiger partial charge in [0.15, 0.2) is 23.0 Å². The molecule has 2 aromatic rings. The quantitative estimate of drug-likeness (QED) is 0.114. The normalized spacial score (nSPS) is 17.7. The van der Waals surface area contributed by atoms with Crippen LogP contribution in [-0.4, -0.2) is 83.8 Å². The predicted molar refractivity (Wildman–Crippen MR) is 163 cm³/mol. The number of esters is 1. The zero-order chi connectivity index (χ0) is 31.4. The Labute approximate surface area is 254 Å². The number of carbonyl (C=O) groups excluding carboxylic acids is 1. The number of carboxylic acid groups (broad SMARTS) is 1. The van der Waals surface area contributed by atoms with Crippen LogP contribution >= 0.6 is 0 Å². The second kappa shape index (κ2) is 16.1. The molecular formula is C33H46NO9+. The molecule has 10 heteroatoms. The molecule has 0 aliphatic carbocycles. The van der Waals surface area contributed by atoms with Gasteiger partial charge in [0.1, 0.15) is 6.04 Å². The molecule has 0 spiro atoms. The van der Waals surface area contributed by atoms with E-state index in [1.165, 1.54) is 11.1 Å². The monoisotopic (exact) mass is 600 g/mol. The second-order valence-corrected chi connectivity index (χ2v) is 10.9. The number of carbonyl (C=O) groups is 2. The van der Waals surface area contributed by atoms with Crippen molar-refractivity contribution >= 4 is 11.9 Å². The lowest BCUT2D eigenvalue weighted by Crippen LogP contribution is -2.52. The number of allylic oxidation sites excluding steroid dienone is 2. The Morgan fingerprint density at radius 1 is 0.860 bits per heavy atom. The molecule has 236 valence electrons. The Balaban J connectivity index is 1.78. The summed E-state index contributed by atoms with van der Waals surface area (Å²) in [4.78, 5) is 22.9. The van der Waals surface area contributed by atoms with Crippen LogP contribution in [-0.2, 0) is 27.2 Å². The van der Waals surface area contributed by atoms with Gasteiger partial charge in [0.25, 0.3) is 0 Å². The predicted octanol–water partition coefficient (Wildman–Crippen LogP) is 5.15. The van der Waals surface area contributed by atoms with Crippen LogP contribution in [0.1, 0.15) is 54.8 Å². The van der Waals surface area contributed by atoms with Gasteiger partial charge in [0.05, 0.1) is 62.3 Å². The third kappa shape index (κ3) is 8.79. The summed E-state index contributed by atoms with van der Waals surface area (Å²) in [6.45, 7) is 2.06. The van der Waals surface area contributed by atoms with E-state index in [1.807, 2.05) is 18.2 Å². The minimum absolute atomic E-state index is 0.0815. The van der Waals surface area contributed by atoms with Crippen molar-refractivity contribution in [3.8, 4) is 28.7 Å². The number of methoxy groups -OCH3 is 5. The summed E-state index contributed by atoms with van der Waals surface area (Å²) < 4.78 is 34.4. The minimum Gasteiger partial charge on any atom is -0.493 e. The van der Waals surface area contributed by atoms with Gasteiger partial charge in [-0.1, -0.05) is 12.2 Å². The van der Waals surface area contributed by atoms with Crippen molar-refractivity contribution in [1.29, 1.82) is 0 Å². The van der Waals surface area contributed by atoms with E-state index in [0.717, 1.165) is 29.6 Å². The summed E-state index contributed by atoms with van der Waals surface area (Å²) >= 11 is 0. The lowest BCUT2D eigenvalue weighted by molar-refractivity contribution is -0.941. The van der Waals surface area contributed by atoms with Gasteiger partial charge in [0.2, 0.25) is 5.75 Å². The van der Waals surface area contributed by atoms with Gasteiger partial charge in [-0.25, -0.2) is 0 Å². The molecule has 10 nitrogen and oxygen atoms in total. The molecule has 1 aliphatic rings. The number of carboxylic acids is 1. The lowest BCUT2D eigenvalue weighted by Gasteiger charge is -2.46. The fourth-order valence-corrected chi connectivity index (χ4v) is 5.73. The number of aliphatic carboxylic acids is 1. The van der Waals surface area contributed by atoms with Crippen LogP contribution in [0, 0.1) is 0 Å². The lowest BCUT2D eigenvalue weighted by atomic mass is 9.86. The molecule has 0 bridgehead atoms. The van der Waals surface area contributed by atoms with Gasteiger partial charge in [-0.05, 0) is 48.2 Å². The number of nitrogens with zero attached hydrogens (tertiary/aromatic N) is 1. The van der Waals surface area contributed by atoms with Gasteiger partial charge in [-0.15, -0.1) is 0 Å². The molecular weight excluding hydrogens is 554 g/mol. The van der Waals surface area contributed by atoms with Crippen molar-refractivity contribution < 1.29 is 47.6 Å². The number of fused-ring (bicyclic) bond motifs is 1. The summed E-state index contributed by atoms with van der Waals surface area (Å²) in [5.74, 6) is 2.10. The van der Waals surface area contributed by atoms with Crippen molar-refractivity contribution in [2.24, 2.45) is 0 Å². The van der Waals surface area contributed by atoms with Crippen molar-refractivity contribution in [2.45, 2.75) is 51.0 Å². The van der Waals surface area contributed by atoms with E-state index < -0.39 is 5.97 Å². The molecule has 0 amide bonds. The first-order valence-electron chi connectivity index (χ1n) is 14.6. The number of benzene rings is 2. The van der Waals surface area contributed by atoms with Crippen molar-refractivity contribution in [3.05, 3.63) is 53.1 Å². The Morgan fingerprint density at radius 2 is 1.47 bits per heavy atom. The first-order valence-corrected chi connectivity index (χ1v) is 14.6. The third-order valence-corrected chi connectivity index (χ3v) is 8.09. The highest BCUT2D eigenvalue weighted by atomic mass is 16.5. The average molecular weight is 601 g/mol. The molecule has 1 N–H and O–H groups in total. The maximum Gasteiger partial charge on any atom is 0.306 e. The number of hydrogen-bond donors (Lipinski definition) is 1. The van der Waals surface area contributed by atoms with E-state index in [9.17, 15) is 9.59 Å². The zero-order valence-corrected chi connectivity index (χ0v) is 26.3. The Kier molecular flexibility index (Phi) is 12.5. The molecule has 43 heavy (non-hydrogen) atoms. The standard InChI is InChI=1S/C33H45NO9/c1-34(15-11-17-43-32(37)13-10-8-7-9-12-31(35)36)16-14-24-21-27(38-2)28(39-3)22-25(24)26(34)18-23-19-29(40-4)33(42-6)30(20-23)41-5/h7-8,19-22,26H,9-18H2,1-6H3/p+1/t26-,34?/m1/s1. The summed E-state index contributed by atoms with van der Waals surface area (Å²) in [6, 6.07) is 8.25. The Bertz CT molecular complexity index is 1250. The molecule has 0 fully saturated rings. The van der Waals surface area contributed by atoms with Gasteiger partial charge in [-0.3, -0.25) is 9.59 Å². The smallest absolute Gasteiger partial charge is 0.306 e. The van der Waals surface area contributed by atoms with E-state index >= 15 is 0 Å². The van der Waals surface area contributed by atoms with Crippen LogP contribution in [0.4, 0.5) is 0 Å². The number of ether oxygens (including phenoxy) is 6. The second-order valence-electron chi connectivity index (χ2n) is 10.9. The minimum atomic E-state index is -0.831. The molecule has 0 saturated heterocycles. The van der Waals surface area contributed by atoms with Crippen LogP contribution in [0.2, 0.25) is 0 Å². The Morgan fingerprint density at radius 3 is 2.05 bits per heavy atom. The highest BCUT2D eigenvalue weighted by Crippen LogP contribution is 2.44. The number of likely N-dealkylation sites (N-methyl/N-ethyl adjacent to an activating group) is 1. The van der Waals surface area contributed by atoms with Crippen LogP contribution in [0.5, 0.6) is 28.7 Å². The zero-order valence-electron chi connectivity index (χ0n) is 26.3. The van der Waals surface area contributed by atoms with E-state index in [-0.39, 0.29) is 24.9 Å². The largest absolute Gasteiger partial charge is 0.493 e. The molecule has 0 aromatic heterocycles. The maximum absolute atomic E-state index is 12.3. The van der Waals surface area contributed by atoms with Crippen LogP contribution in [0.3, 0.4) is 0 Å². The molecule has 1 heterocycles. The van der Waals surface area contributed by atoms with Gasteiger partial charge in [0, 0.05) is 37.7 Å². The van der Waals surface area contributed by atoms with Gasteiger partial charge >= 0.3 is 11.9 Å². The fourth-order valence-electron chi connectivity index (χ4n) is 5.73. The average Bonchev–Trinajstić information content (AvgIpc) is 3.01. The molecule has 0 radical (unpaired) electrons. The van der Waals surface area contributed by atoms with Gasteiger partial charge < -0.3 is 38.0 Å². The van der Waals surface area contributed by atoms with Crippen molar-refractivity contribution in [3.63, 3.8) is 0 Å². The molecule has 2 atom stereocenters. The van der Waals surface area contributed by atoms with E-state index in [1.54, 1.807) is 41.6 Å². The molecule has 1 unspecified atom stereocenters. The molecule has 0 saturated carbocycles. The molecule has 3 rings (SSSR count). The highest BCUT2D eigenvalue weighted by Gasteiger charge is 2.40. The maximum atomic E-state index is 12.3. The van der Waals surface area contributed by atoms with Gasteiger partial charge in [-0.2, -0.15) is 0 Å². The summed E-state index contributed by atoms with van der Waals surface area (Å²) in [5.41, 5.74) is 3.48. The number of rotatable bonds is 17. The van der Waals surface area contributed by atoms with Crippen LogP contribution in [0.25, 0.3) is 0 Å². The third-order valence-electron chi connectivity index (χ3n) is 8.09. The number of hydrogen-bond acceptors (Lipinski definition) is 8. The fraction of sp³-hybridized carbons (Fsp3) is 0.515. The van der Waals surface area contributed by atoms with E-state index in [4.69, 9.17) is 33.5 Å². The first kappa shape index (κ1) is 33.6. The summed E-state index contributed by atoms with van der Waals surface area (Å²) in [6.07, 6.45) is 7.28. The number of quaternary nitrogens is 1. The topological polar surface area (TPSA) is 110 Å².